The van der Waals surface area contributed by atoms with Crippen molar-refractivity contribution in [3.05, 3.63) is 0 Å². The van der Waals surface area contributed by atoms with E-state index in [0.29, 0.717) is 98.0 Å². The van der Waals surface area contributed by atoms with E-state index in [-0.39, 0.29) is 18.1 Å². The minimum atomic E-state index is -0.105. The summed E-state index contributed by atoms with van der Waals surface area (Å²) in [4.78, 5) is 43.5. The maximum absolute atomic E-state index is 13.0. The van der Waals surface area contributed by atoms with E-state index in [1.807, 2.05) is 9.80 Å². The molecular formula is C33H74N12O3. The van der Waals surface area contributed by atoms with Gasteiger partial charge in [-0.1, -0.05) is 25.7 Å². The molecule has 0 aromatic carbocycles. The van der Waals surface area contributed by atoms with Crippen LogP contribution in [0.25, 0.3) is 0 Å². The number of unbranched alkanes of at least 4 members (excludes halogenated alkanes) is 6. The van der Waals surface area contributed by atoms with Crippen LogP contribution in [0.4, 0.5) is 14.4 Å². The van der Waals surface area contributed by atoms with Gasteiger partial charge in [0.25, 0.3) is 0 Å². The van der Waals surface area contributed by atoms with Crippen molar-refractivity contribution < 1.29 is 14.4 Å². The highest BCUT2D eigenvalue weighted by atomic mass is 16.2. The van der Waals surface area contributed by atoms with Crippen molar-refractivity contribution >= 4 is 18.1 Å². The van der Waals surface area contributed by atoms with Crippen molar-refractivity contribution in [2.24, 2.45) is 28.7 Å². The van der Waals surface area contributed by atoms with E-state index in [2.05, 4.69) is 21.3 Å². The highest BCUT2D eigenvalue weighted by Gasteiger charge is 2.15. The highest BCUT2D eigenvalue weighted by molar-refractivity contribution is 5.75. The summed E-state index contributed by atoms with van der Waals surface area (Å²) in [6, 6.07) is -0.187. The summed E-state index contributed by atoms with van der Waals surface area (Å²) in [6.45, 7) is 10.3. The SMILES string of the molecule is NCCCCCCN(CCCNC(=O)N(CCCN)CCCN)C(=O)NCCCNCCCCCCNC(=O)N(CCCN)CCCN. The molecule has 15 nitrogen and oxygen atoms in total. The minimum absolute atomic E-state index is 0.0275. The zero-order valence-corrected chi connectivity index (χ0v) is 30.2. The van der Waals surface area contributed by atoms with Crippen LogP contribution in [0.1, 0.15) is 89.9 Å². The molecule has 0 fully saturated rings. The zero-order valence-electron chi connectivity index (χ0n) is 30.2. The third-order valence-corrected chi connectivity index (χ3v) is 8.02. The van der Waals surface area contributed by atoms with Gasteiger partial charge in [-0.15, -0.1) is 0 Å². The fraction of sp³-hybridized carbons (Fsp3) is 0.909. The maximum atomic E-state index is 13.0. The number of rotatable bonds is 33. The zero-order chi connectivity index (χ0) is 35.5. The number of carbonyl (C=O) groups is 3. The van der Waals surface area contributed by atoms with E-state index in [0.717, 1.165) is 96.6 Å². The van der Waals surface area contributed by atoms with Crippen molar-refractivity contribution in [1.29, 1.82) is 0 Å². The van der Waals surface area contributed by atoms with Crippen LogP contribution in [0, 0.1) is 0 Å². The van der Waals surface area contributed by atoms with Gasteiger partial charge in [0.1, 0.15) is 0 Å². The van der Waals surface area contributed by atoms with Crippen LogP contribution in [0.15, 0.2) is 0 Å². The normalized spacial score (nSPS) is 10.9. The predicted molar refractivity (Wildman–Crippen MR) is 198 cm³/mol. The lowest BCUT2D eigenvalue weighted by atomic mass is 10.2. The summed E-state index contributed by atoms with van der Waals surface area (Å²) < 4.78 is 0. The average Bonchev–Trinajstić information content (AvgIpc) is 3.09. The first-order valence-electron chi connectivity index (χ1n) is 18.7. The van der Waals surface area contributed by atoms with E-state index in [4.69, 9.17) is 28.7 Å². The van der Waals surface area contributed by atoms with E-state index in [9.17, 15) is 14.4 Å². The van der Waals surface area contributed by atoms with Gasteiger partial charge in [0, 0.05) is 58.9 Å². The Balaban J connectivity index is 4.24. The van der Waals surface area contributed by atoms with Crippen molar-refractivity contribution in [2.75, 3.05) is 105 Å². The van der Waals surface area contributed by atoms with Crippen molar-refractivity contribution in [2.45, 2.75) is 89.9 Å². The van der Waals surface area contributed by atoms with Gasteiger partial charge in [-0.3, -0.25) is 0 Å². The molecule has 0 aliphatic heterocycles. The lowest BCUT2D eigenvalue weighted by molar-refractivity contribution is 0.191. The molecule has 0 rings (SSSR count). The molecule has 0 aromatic heterocycles. The molecule has 48 heavy (non-hydrogen) atoms. The smallest absolute Gasteiger partial charge is 0.317 e. The first-order chi connectivity index (χ1) is 23.4. The van der Waals surface area contributed by atoms with Gasteiger partial charge in [-0.2, -0.15) is 0 Å². The monoisotopic (exact) mass is 687 g/mol. The molecule has 0 spiro atoms. The molecule has 0 radical (unpaired) electrons. The van der Waals surface area contributed by atoms with E-state index in [1.165, 1.54) is 0 Å². The summed E-state index contributed by atoms with van der Waals surface area (Å²) in [7, 11) is 0. The molecule has 0 aliphatic carbocycles. The molecule has 14 N–H and O–H groups in total. The van der Waals surface area contributed by atoms with Crippen molar-refractivity contribution in [1.82, 2.24) is 36.0 Å². The standard InChI is InChI=1S/C33H74N12O3/c34-15-5-1-4-8-25-43(30-14-24-42-33(48)45(28-11-18-37)29-12-19-38)32(47)41-23-13-21-39-20-6-2-3-7-22-40-31(46)44(26-9-16-35)27-10-17-36/h39H,1-30,34-38H2,(H,40,46)(H,41,47)(H,42,48). The van der Waals surface area contributed by atoms with Crippen LogP contribution in [-0.4, -0.2) is 138 Å². The Bertz CT molecular complexity index is 749. The van der Waals surface area contributed by atoms with Crippen LogP contribution in [-0.2, 0) is 0 Å². The first-order valence-corrected chi connectivity index (χ1v) is 18.7. The predicted octanol–water partition coefficient (Wildman–Crippen LogP) is 0.866. The molecule has 0 saturated carbocycles. The third-order valence-electron chi connectivity index (χ3n) is 8.02. The number of carbonyl (C=O) groups excluding carboxylic acids is 3. The van der Waals surface area contributed by atoms with E-state index in [1.54, 1.807) is 4.90 Å². The maximum Gasteiger partial charge on any atom is 0.317 e. The fourth-order valence-corrected chi connectivity index (χ4v) is 5.13. The topological polar surface area (TPSA) is 239 Å². The molecular weight excluding hydrogens is 612 g/mol. The lowest BCUT2D eigenvalue weighted by Crippen LogP contribution is -2.44. The molecule has 15 heteroatoms. The van der Waals surface area contributed by atoms with Gasteiger partial charge in [-0.05, 0) is 110 Å². The molecule has 0 unspecified atom stereocenters. The quantitative estimate of drug-likeness (QED) is 0.0445. The second-order valence-electron chi connectivity index (χ2n) is 12.3. The number of amides is 6. The Kier molecular flexibility index (Phi) is 32.7. The third kappa shape index (κ3) is 26.5. The highest BCUT2D eigenvalue weighted by Crippen LogP contribution is 2.04. The largest absolute Gasteiger partial charge is 0.338 e. The summed E-state index contributed by atoms with van der Waals surface area (Å²) in [5.41, 5.74) is 28.1. The van der Waals surface area contributed by atoms with Crippen LogP contribution in [0.3, 0.4) is 0 Å². The molecule has 0 bridgehead atoms. The van der Waals surface area contributed by atoms with E-state index >= 15 is 0 Å². The second kappa shape index (κ2) is 34.4. The Morgan fingerprint density at radius 1 is 0.333 bits per heavy atom. The Hall–Kier alpha value is -2.43. The molecule has 6 amide bonds. The molecule has 284 valence electrons. The summed E-state index contributed by atoms with van der Waals surface area (Å²) in [5, 5.41) is 12.5. The minimum Gasteiger partial charge on any atom is -0.338 e. The number of nitrogens with zero attached hydrogens (tertiary/aromatic N) is 3. The van der Waals surface area contributed by atoms with Crippen molar-refractivity contribution in [3.63, 3.8) is 0 Å². The van der Waals surface area contributed by atoms with Crippen molar-refractivity contribution in [3.8, 4) is 0 Å². The van der Waals surface area contributed by atoms with Gasteiger partial charge in [0.15, 0.2) is 0 Å². The lowest BCUT2D eigenvalue weighted by Gasteiger charge is -2.25. The number of hydrogen-bond donors (Lipinski definition) is 9. The van der Waals surface area contributed by atoms with Gasteiger partial charge >= 0.3 is 18.1 Å². The number of nitrogens with one attached hydrogen (secondary N) is 4. The Morgan fingerprint density at radius 2 is 0.646 bits per heavy atom. The molecule has 0 aliphatic rings. The number of urea groups is 3. The molecule has 0 saturated heterocycles. The van der Waals surface area contributed by atoms with Gasteiger partial charge < -0.3 is 64.6 Å². The summed E-state index contributed by atoms with van der Waals surface area (Å²) >= 11 is 0. The number of nitrogens with two attached hydrogens (primary N) is 5. The first kappa shape index (κ1) is 45.6. The summed E-state index contributed by atoms with van der Waals surface area (Å²) in [6.07, 6.45) is 12.8. The Labute approximate surface area is 291 Å². The van der Waals surface area contributed by atoms with Gasteiger partial charge in [0.2, 0.25) is 0 Å². The van der Waals surface area contributed by atoms with Gasteiger partial charge in [0.05, 0.1) is 0 Å². The molecule has 0 aromatic rings. The van der Waals surface area contributed by atoms with E-state index < -0.39 is 0 Å². The number of hydrogen-bond acceptors (Lipinski definition) is 9. The Morgan fingerprint density at radius 3 is 1.10 bits per heavy atom. The summed E-state index contributed by atoms with van der Waals surface area (Å²) in [5.74, 6) is 0. The average molecular weight is 687 g/mol. The fourth-order valence-electron chi connectivity index (χ4n) is 5.13. The molecule has 0 heterocycles. The molecule has 0 atom stereocenters. The van der Waals surface area contributed by atoms with Crippen LogP contribution in [0.2, 0.25) is 0 Å². The second-order valence-corrected chi connectivity index (χ2v) is 12.3. The van der Waals surface area contributed by atoms with Crippen LogP contribution < -0.4 is 49.9 Å². The van der Waals surface area contributed by atoms with Crippen LogP contribution >= 0.6 is 0 Å². The van der Waals surface area contributed by atoms with Crippen LogP contribution in [0.5, 0.6) is 0 Å². The van der Waals surface area contributed by atoms with Gasteiger partial charge in [-0.25, -0.2) is 14.4 Å².